The number of carbonyl (C=O) groups is 3. The quantitative estimate of drug-likeness (QED) is 0.542. The number of anilines is 3. The Morgan fingerprint density at radius 1 is 0.818 bits per heavy atom. The maximum atomic E-state index is 12.8. The fourth-order valence-electron chi connectivity index (χ4n) is 3.83. The number of nitrogens with one attached hydrogen (secondary N) is 3. The molecule has 176 valence electrons. The summed E-state index contributed by atoms with van der Waals surface area (Å²) in [5.74, 6) is 0.106. The van der Waals surface area contributed by atoms with Gasteiger partial charge in [-0.15, -0.1) is 0 Å². The number of carbonyl (C=O) groups excluding carboxylic acids is 3. The van der Waals surface area contributed by atoms with Crippen molar-refractivity contribution >= 4 is 34.8 Å². The van der Waals surface area contributed by atoms with Crippen LogP contribution in [0.3, 0.4) is 0 Å². The molecule has 0 radical (unpaired) electrons. The average Bonchev–Trinajstić information content (AvgIpc) is 3.07. The van der Waals surface area contributed by atoms with E-state index in [4.69, 9.17) is 0 Å². The molecule has 1 aliphatic heterocycles. The highest BCUT2D eigenvalue weighted by Crippen LogP contribution is 2.17. The van der Waals surface area contributed by atoms with Crippen molar-refractivity contribution in [2.24, 2.45) is 5.92 Å². The van der Waals surface area contributed by atoms with Gasteiger partial charge in [-0.3, -0.25) is 14.4 Å². The molecule has 1 saturated heterocycles. The van der Waals surface area contributed by atoms with Crippen LogP contribution in [0.25, 0.3) is 0 Å². The van der Waals surface area contributed by atoms with E-state index < -0.39 is 0 Å². The molecule has 7 heteroatoms. The summed E-state index contributed by atoms with van der Waals surface area (Å²) in [5.41, 5.74) is 2.70. The monoisotopic (exact) mass is 450 g/mol. The normalized spacial score (nSPS) is 13.8. The molecule has 0 aliphatic carbocycles. The Hall–Kier alpha value is -3.35. The van der Waals surface area contributed by atoms with Crippen LogP contribution in [0.1, 0.15) is 56.3 Å². The number of nitrogens with zero attached hydrogens (tertiary/aromatic N) is 1. The summed E-state index contributed by atoms with van der Waals surface area (Å²) in [5, 5.41) is 8.79. The number of hydrogen-bond donors (Lipinski definition) is 3. The number of likely N-dealkylation sites (tertiary alicyclic amines) is 1. The van der Waals surface area contributed by atoms with Gasteiger partial charge in [-0.2, -0.15) is 0 Å². The lowest BCUT2D eigenvalue weighted by Crippen LogP contribution is -2.31. The summed E-state index contributed by atoms with van der Waals surface area (Å²) in [7, 11) is 0. The first-order valence-electron chi connectivity index (χ1n) is 11.7. The van der Waals surface area contributed by atoms with Crippen molar-refractivity contribution in [3.8, 4) is 0 Å². The van der Waals surface area contributed by atoms with Gasteiger partial charge < -0.3 is 20.9 Å². The van der Waals surface area contributed by atoms with Crippen LogP contribution < -0.4 is 16.0 Å². The molecule has 2 aromatic rings. The molecule has 3 amide bonds. The van der Waals surface area contributed by atoms with Gasteiger partial charge in [0.2, 0.25) is 11.8 Å². The highest BCUT2D eigenvalue weighted by Gasteiger charge is 2.17. The summed E-state index contributed by atoms with van der Waals surface area (Å²) >= 11 is 0. The van der Waals surface area contributed by atoms with Gasteiger partial charge in [0.1, 0.15) is 0 Å². The third-order valence-electron chi connectivity index (χ3n) is 5.50. The van der Waals surface area contributed by atoms with Crippen LogP contribution in [0.5, 0.6) is 0 Å². The molecule has 0 atom stereocenters. The molecular formula is C26H34N4O3. The molecule has 3 N–H and O–H groups in total. The topological polar surface area (TPSA) is 90.5 Å². The fraction of sp³-hybridized carbons (Fsp3) is 0.423. The largest absolute Gasteiger partial charge is 0.376 e. The second-order valence-corrected chi connectivity index (χ2v) is 8.91. The molecule has 0 saturated carbocycles. The van der Waals surface area contributed by atoms with Crippen molar-refractivity contribution in [3.63, 3.8) is 0 Å². The Morgan fingerprint density at radius 3 is 2.12 bits per heavy atom. The average molecular weight is 451 g/mol. The molecule has 0 aromatic heterocycles. The van der Waals surface area contributed by atoms with Crippen molar-refractivity contribution in [2.75, 3.05) is 35.6 Å². The summed E-state index contributed by atoms with van der Waals surface area (Å²) < 4.78 is 0. The van der Waals surface area contributed by atoms with Crippen LogP contribution in [0.4, 0.5) is 17.1 Å². The zero-order valence-corrected chi connectivity index (χ0v) is 19.5. The summed E-state index contributed by atoms with van der Waals surface area (Å²) in [6.45, 7) is 5.67. The Morgan fingerprint density at radius 2 is 1.45 bits per heavy atom. The van der Waals surface area contributed by atoms with Gasteiger partial charge in [-0.1, -0.05) is 32.8 Å². The molecular weight excluding hydrogens is 416 g/mol. The molecule has 3 rings (SSSR count). The lowest BCUT2D eigenvalue weighted by molar-refractivity contribution is -0.117. The fourth-order valence-corrected chi connectivity index (χ4v) is 3.83. The lowest BCUT2D eigenvalue weighted by Gasteiger charge is -2.20. The summed E-state index contributed by atoms with van der Waals surface area (Å²) in [6, 6.07) is 14.3. The van der Waals surface area contributed by atoms with Gasteiger partial charge in [0.05, 0.1) is 6.54 Å². The number of hydrogen-bond acceptors (Lipinski definition) is 4. The van der Waals surface area contributed by atoms with E-state index in [9.17, 15) is 14.4 Å². The van der Waals surface area contributed by atoms with Gasteiger partial charge in [-0.25, -0.2) is 0 Å². The van der Waals surface area contributed by atoms with Gasteiger partial charge in [0.15, 0.2) is 0 Å². The maximum absolute atomic E-state index is 12.8. The molecule has 0 spiro atoms. The molecule has 33 heavy (non-hydrogen) atoms. The zero-order valence-electron chi connectivity index (χ0n) is 19.5. The number of benzene rings is 2. The van der Waals surface area contributed by atoms with Crippen molar-refractivity contribution < 1.29 is 14.4 Å². The van der Waals surface area contributed by atoms with Crippen molar-refractivity contribution in [3.05, 3.63) is 54.1 Å². The van der Waals surface area contributed by atoms with Gasteiger partial charge in [0.25, 0.3) is 5.91 Å². The van der Waals surface area contributed by atoms with Crippen LogP contribution in [0, 0.1) is 5.92 Å². The van der Waals surface area contributed by atoms with E-state index in [2.05, 4.69) is 16.0 Å². The third-order valence-corrected chi connectivity index (χ3v) is 5.50. The minimum atomic E-state index is -0.205. The van der Waals surface area contributed by atoms with Crippen LogP contribution in [-0.4, -0.2) is 42.3 Å². The van der Waals surface area contributed by atoms with E-state index in [1.54, 1.807) is 36.4 Å². The lowest BCUT2D eigenvalue weighted by atomic mass is 10.1. The molecule has 1 fully saturated rings. The summed E-state index contributed by atoms with van der Waals surface area (Å²) in [4.78, 5) is 39.0. The van der Waals surface area contributed by atoms with E-state index in [-0.39, 0.29) is 24.3 Å². The van der Waals surface area contributed by atoms with Crippen LogP contribution in [0.15, 0.2) is 48.5 Å². The van der Waals surface area contributed by atoms with E-state index in [1.807, 2.05) is 30.9 Å². The van der Waals surface area contributed by atoms with Crippen LogP contribution >= 0.6 is 0 Å². The molecule has 1 aliphatic rings. The first kappa shape index (κ1) is 24.3. The van der Waals surface area contributed by atoms with E-state index in [0.29, 0.717) is 23.6 Å². The second kappa shape index (κ2) is 12.0. The number of rotatable bonds is 8. The predicted octanol–water partition coefficient (Wildman–Crippen LogP) is 4.74. The van der Waals surface area contributed by atoms with Crippen molar-refractivity contribution in [2.45, 2.75) is 46.0 Å². The van der Waals surface area contributed by atoms with E-state index in [0.717, 1.165) is 37.3 Å². The molecule has 0 bridgehead atoms. The minimum Gasteiger partial charge on any atom is -0.376 e. The van der Waals surface area contributed by atoms with Crippen molar-refractivity contribution in [1.82, 2.24) is 4.90 Å². The van der Waals surface area contributed by atoms with Crippen LogP contribution in [0.2, 0.25) is 0 Å². The van der Waals surface area contributed by atoms with Gasteiger partial charge in [0, 0.05) is 42.1 Å². The molecule has 7 nitrogen and oxygen atoms in total. The highest BCUT2D eigenvalue weighted by molar-refractivity contribution is 5.98. The van der Waals surface area contributed by atoms with E-state index in [1.165, 1.54) is 12.8 Å². The van der Waals surface area contributed by atoms with Crippen LogP contribution in [-0.2, 0) is 9.59 Å². The Labute approximate surface area is 195 Å². The Kier molecular flexibility index (Phi) is 8.87. The third kappa shape index (κ3) is 7.93. The maximum Gasteiger partial charge on any atom is 0.253 e. The Balaban J connectivity index is 1.49. The highest BCUT2D eigenvalue weighted by atomic mass is 16.2. The molecule has 1 heterocycles. The smallest absolute Gasteiger partial charge is 0.253 e. The Bertz CT molecular complexity index is 948. The first-order chi connectivity index (χ1) is 15.9. The van der Waals surface area contributed by atoms with Gasteiger partial charge in [-0.05, 0) is 61.2 Å². The zero-order chi connectivity index (χ0) is 23.6. The standard InChI is InChI=1S/C26H34N4O3/c1-19(2)16-24(31)28-22-12-10-21(11-13-22)27-18-25(32)29-23-9-7-8-20(17-23)26(33)30-14-5-3-4-6-15-30/h7-13,17,19,27H,3-6,14-16,18H2,1-2H3,(H,28,31)(H,29,32). The SMILES string of the molecule is CC(C)CC(=O)Nc1ccc(NCC(=O)Nc2cccc(C(=O)N3CCCCCC3)c2)cc1. The molecule has 0 unspecified atom stereocenters. The van der Waals surface area contributed by atoms with Crippen molar-refractivity contribution in [1.29, 1.82) is 0 Å². The van der Waals surface area contributed by atoms with Gasteiger partial charge >= 0.3 is 0 Å². The van der Waals surface area contributed by atoms with E-state index >= 15 is 0 Å². The second-order valence-electron chi connectivity index (χ2n) is 8.91. The first-order valence-corrected chi connectivity index (χ1v) is 11.7. The minimum absolute atomic E-state index is 0.0124. The molecule has 2 aromatic carbocycles. The predicted molar refractivity (Wildman–Crippen MR) is 132 cm³/mol. The number of amides is 3. The summed E-state index contributed by atoms with van der Waals surface area (Å²) in [6.07, 6.45) is 4.90.